The highest BCUT2D eigenvalue weighted by molar-refractivity contribution is 7.68. The Morgan fingerprint density at radius 1 is 1.10 bits per heavy atom. The van der Waals surface area contributed by atoms with Crippen molar-refractivity contribution in [1.82, 2.24) is 19.5 Å². The van der Waals surface area contributed by atoms with Crippen LogP contribution in [0.3, 0.4) is 0 Å². The van der Waals surface area contributed by atoms with Gasteiger partial charge in [-0.25, -0.2) is 28.4 Å². The predicted molar refractivity (Wildman–Crippen MR) is 96.1 cm³/mol. The van der Waals surface area contributed by atoms with Gasteiger partial charge in [-0.1, -0.05) is 12.2 Å². The van der Waals surface area contributed by atoms with Gasteiger partial charge in [0.05, 0.1) is 18.5 Å². The minimum atomic E-state index is -5.49. The van der Waals surface area contributed by atoms with E-state index < -0.39 is 35.7 Å². The molecule has 0 saturated carbocycles. The highest BCUT2D eigenvalue weighted by Crippen LogP contribution is 2.66. The van der Waals surface area contributed by atoms with Crippen LogP contribution in [-0.4, -0.2) is 51.5 Å². The lowest BCUT2D eigenvalue weighted by atomic mass is 10.2. The van der Waals surface area contributed by atoms with Crippen molar-refractivity contribution in [2.75, 3.05) is 12.1 Å². The maximum absolute atomic E-state index is 11.9. The summed E-state index contributed by atoms with van der Waals surface area (Å²) in [5.41, 5.74) is 6.64. The molecule has 15 nitrogen and oxygen atoms in total. The smallest absolute Gasteiger partial charge is 0.382 e. The van der Waals surface area contributed by atoms with Crippen molar-refractivity contribution in [2.24, 2.45) is 0 Å². The number of fused-ring (bicyclic) bond motifs is 1. The molecule has 0 spiro atoms. The molecule has 6 N–H and O–H groups in total. The normalized spacial score (nSPS) is 23.9. The molecule has 2 heterocycles. The Morgan fingerprint density at radius 3 is 2.52 bits per heavy atom. The van der Waals surface area contributed by atoms with Crippen LogP contribution in [0.1, 0.15) is 12.5 Å². The maximum atomic E-state index is 11.9. The van der Waals surface area contributed by atoms with Gasteiger partial charge in [0.2, 0.25) is 0 Å². The van der Waals surface area contributed by atoms with Gasteiger partial charge in [0, 0.05) is 6.42 Å². The van der Waals surface area contributed by atoms with Gasteiger partial charge in [-0.2, -0.15) is 4.31 Å². The fourth-order valence-corrected chi connectivity index (χ4v) is 5.94. The summed E-state index contributed by atoms with van der Waals surface area (Å²) >= 11 is 0. The molecule has 0 saturated heterocycles. The third-order valence-electron chi connectivity index (χ3n) is 3.66. The Bertz CT molecular complexity index is 1080. The minimum Gasteiger partial charge on any atom is -0.382 e. The third-order valence-corrected chi connectivity index (χ3v) is 7.66. The fourth-order valence-electron chi connectivity index (χ4n) is 2.61. The highest BCUT2D eigenvalue weighted by Gasteiger charge is 2.40. The Morgan fingerprint density at radius 2 is 1.83 bits per heavy atom. The number of anilines is 1. The van der Waals surface area contributed by atoms with Crippen LogP contribution in [0.15, 0.2) is 24.8 Å². The van der Waals surface area contributed by atoms with Crippen LogP contribution in [0.4, 0.5) is 5.82 Å². The monoisotopic (exact) mass is 471 g/mol. The molecular weight excluding hydrogens is 455 g/mol. The van der Waals surface area contributed by atoms with Crippen LogP contribution in [0, 0.1) is 0 Å². The van der Waals surface area contributed by atoms with E-state index in [-0.39, 0.29) is 11.9 Å². The second kappa shape index (κ2) is 7.97. The lowest BCUT2D eigenvalue weighted by Gasteiger charge is -2.19. The zero-order valence-electron chi connectivity index (χ0n) is 14.3. The molecule has 18 heteroatoms. The quantitative estimate of drug-likeness (QED) is 0.263. The molecule has 2 aromatic heterocycles. The maximum Gasteiger partial charge on any atom is 0.488 e. The van der Waals surface area contributed by atoms with E-state index in [1.807, 2.05) is 0 Å². The number of nitrogens with two attached hydrogens (primary N) is 1. The number of nitrogens with zero attached hydrogens (tertiary/aromatic N) is 4. The zero-order chi connectivity index (χ0) is 21.4. The molecule has 0 aromatic carbocycles. The molecular formula is C11H16N5O10P3. The first-order valence-corrected chi connectivity index (χ1v) is 12.5. The second-order valence-corrected chi connectivity index (χ2v) is 10.6. The Kier molecular flexibility index (Phi) is 6.10. The summed E-state index contributed by atoms with van der Waals surface area (Å²) in [5, 5.41) is 0. The van der Waals surface area contributed by atoms with Crippen LogP contribution in [0.2, 0.25) is 0 Å². The van der Waals surface area contributed by atoms with Crippen molar-refractivity contribution in [1.29, 1.82) is 0 Å². The van der Waals surface area contributed by atoms with Crippen LogP contribution < -0.4 is 5.73 Å². The Hall–Kier alpha value is -1.50. The first-order valence-electron chi connectivity index (χ1n) is 7.71. The molecule has 3 rings (SSSR count). The van der Waals surface area contributed by atoms with Gasteiger partial charge in [-0.15, -0.1) is 0 Å². The molecule has 1 aliphatic carbocycles. The molecule has 4 atom stereocenters. The van der Waals surface area contributed by atoms with Crippen LogP contribution >= 0.6 is 23.2 Å². The van der Waals surface area contributed by atoms with Gasteiger partial charge >= 0.3 is 23.2 Å². The molecule has 1 aliphatic rings. The largest absolute Gasteiger partial charge is 0.488 e. The van der Waals surface area contributed by atoms with Crippen LogP contribution in [-0.2, 0) is 27.1 Å². The predicted octanol–water partition coefficient (Wildman–Crippen LogP) is 0.664. The van der Waals surface area contributed by atoms with E-state index >= 15 is 0 Å². The number of hydrogen-bond donors (Lipinski definition) is 5. The van der Waals surface area contributed by atoms with Crippen LogP contribution in [0.5, 0.6) is 0 Å². The topological polar surface area (TPSA) is 229 Å². The zero-order valence-corrected chi connectivity index (χ0v) is 17.0. The van der Waals surface area contributed by atoms with Crippen LogP contribution in [0.25, 0.3) is 11.2 Å². The van der Waals surface area contributed by atoms with Gasteiger partial charge in [0.1, 0.15) is 18.2 Å². The average molecular weight is 471 g/mol. The van der Waals surface area contributed by atoms with Gasteiger partial charge < -0.3 is 34.6 Å². The lowest BCUT2D eigenvalue weighted by molar-refractivity contribution is 0.101. The number of nitrogen functional groups attached to an aromatic ring is 1. The van der Waals surface area contributed by atoms with E-state index in [0.717, 1.165) is 0 Å². The van der Waals surface area contributed by atoms with Crippen molar-refractivity contribution in [2.45, 2.75) is 18.6 Å². The molecule has 0 fully saturated rings. The fraction of sp³-hybridized carbons (Fsp3) is 0.364. The summed E-state index contributed by atoms with van der Waals surface area (Å²) in [6.45, 7) is 0. The number of rotatable bonds is 8. The third kappa shape index (κ3) is 5.77. The summed E-state index contributed by atoms with van der Waals surface area (Å²) in [7, 11) is -15.8. The molecule has 29 heavy (non-hydrogen) atoms. The molecule has 0 amide bonds. The van der Waals surface area contributed by atoms with Crippen molar-refractivity contribution in [3.05, 3.63) is 24.8 Å². The average Bonchev–Trinajstić information content (AvgIpc) is 3.16. The number of ether oxygens (including phenoxy) is 1. The van der Waals surface area contributed by atoms with Crippen molar-refractivity contribution in [3.63, 3.8) is 0 Å². The Balaban J connectivity index is 1.59. The second-order valence-electron chi connectivity index (χ2n) is 5.87. The Labute approximate surface area is 162 Å². The number of hydrogen-bond acceptors (Lipinski definition) is 10. The highest BCUT2D eigenvalue weighted by atomic mass is 31.3. The number of phosphoric acid groups is 2. The van der Waals surface area contributed by atoms with E-state index in [1.54, 1.807) is 16.7 Å². The summed E-state index contributed by atoms with van der Waals surface area (Å²) in [4.78, 5) is 47.9. The first kappa shape index (κ1) is 22.2. The van der Waals surface area contributed by atoms with E-state index in [2.05, 4.69) is 23.6 Å². The number of imidazole rings is 1. The SMILES string of the molecule is Nc1ncnc2c1ncn2[C@@H]1C=C[C@H](OCP(=O)(O)OP(=O)(O)OP(=O)(O)O)C1. The van der Waals surface area contributed by atoms with Gasteiger partial charge in [0.15, 0.2) is 11.5 Å². The first-order chi connectivity index (χ1) is 13.4. The molecule has 2 unspecified atom stereocenters. The molecule has 2 aromatic rings. The minimum absolute atomic E-state index is 0.216. The van der Waals surface area contributed by atoms with Crippen molar-refractivity contribution >= 4 is 40.2 Å². The van der Waals surface area contributed by atoms with Gasteiger partial charge in [0.25, 0.3) is 0 Å². The summed E-state index contributed by atoms with van der Waals surface area (Å²) in [6, 6.07) is -0.264. The molecule has 0 aliphatic heterocycles. The number of aromatic nitrogens is 4. The molecule has 0 bridgehead atoms. The van der Waals surface area contributed by atoms with Crippen molar-refractivity contribution in [3.8, 4) is 0 Å². The lowest BCUT2D eigenvalue weighted by Crippen LogP contribution is -2.13. The van der Waals surface area contributed by atoms with Crippen molar-refractivity contribution < 1.29 is 46.6 Å². The summed E-state index contributed by atoms with van der Waals surface area (Å²) in [5.74, 6) is 0.216. The van der Waals surface area contributed by atoms with E-state index in [1.165, 1.54) is 12.7 Å². The standard InChI is InChI=1S/C11H16N5O10P3/c12-10-9-11(14-4-13-10)16(5-15-9)7-1-2-8(3-7)24-6-27(17,18)25-29(22,23)26-28(19,20)21/h1-2,4-5,7-8H,3,6H2,(H,17,18)(H,22,23)(H2,12,13,14)(H2,19,20,21)/t7-,8+/m1/s1. The summed E-state index contributed by atoms with van der Waals surface area (Å²) in [6.07, 6.45) is 4.74. The van der Waals surface area contributed by atoms with Gasteiger partial charge in [-0.3, -0.25) is 4.57 Å². The van der Waals surface area contributed by atoms with E-state index in [0.29, 0.717) is 17.6 Å². The molecule has 160 valence electrons. The van der Waals surface area contributed by atoms with E-state index in [4.69, 9.17) is 25.2 Å². The molecule has 0 radical (unpaired) electrons. The summed E-state index contributed by atoms with van der Waals surface area (Å²) < 4.78 is 48.2. The number of allylic oxidation sites excluding steroid dienone is 1. The van der Waals surface area contributed by atoms with Gasteiger partial charge in [-0.05, 0) is 0 Å². The van der Waals surface area contributed by atoms with E-state index in [9.17, 15) is 18.6 Å².